The van der Waals surface area contributed by atoms with Crippen LogP contribution in [0.5, 0.6) is 0 Å². The maximum atomic E-state index is 6.30. The first-order valence-electron chi connectivity index (χ1n) is 7.96. The summed E-state index contributed by atoms with van der Waals surface area (Å²) in [5, 5.41) is 0. The van der Waals surface area contributed by atoms with Gasteiger partial charge < -0.3 is 9.15 Å². The smallest absolute Gasteiger partial charge is 0.125 e. The molecule has 22 heavy (non-hydrogen) atoms. The Kier molecular flexibility index (Phi) is 3.68. The Morgan fingerprint density at radius 1 is 1.36 bits per heavy atom. The molecule has 0 unspecified atom stereocenters. The average Bonchev–Trinajstić information content (AvgIpc) is 3.16. The van der Waals surface area contributed by atoms with Gasteiger partial charge in [0.05, 0.1) is 24.3 Å². The number of likely N-dealkylation sites (tertiary alicyclic amines) is 1. The summed E-state index contributed by atoms with van der Waals surface area (Å²) in [4.78, 5) is 11.2. The van der Waals surface area contributed by atoms with E-state index in [4.69, 9.17) is 9.15 Å². The van der Waals surface area contributed by atoms with Gasteiger partial charge in [0.2, 0.25) is 0 Å². The second-order valence-corrected chi connectivity index (χ2v) is 6.34. The minimum absolute atomic E-state index is 0.130. The molecule has 116 valence electrons. The minimum atomic E-state index is 0.130. The molecule has 0 spiro atoms. The molecule has 0 aliphatic carbocycles. The van der Waals surface area contributed by atoms with Crippen molar-refractivity contribution in [3.05, 3.63) is 47.9 Å². The van der Waals surface area contributed by atoms with Crippen LogP contribution in [-0.4, -0.2) is 34.1 Å². The average molecular weight is 299 g/mol. The highest BCUT2D eigenvalue weighted by atomic mass is 16.5. The van der Waals surface area contributed by atoms with Crippen molar-refractivity contribution in [1.82, 2.24) is 14.9 Å². The molecular weight excluding hydrogens is 278 g/mol. The summed E-state index contributed by atoms with van der Waals surface area (Å²) in [5.74, 6) is 1.47. The predicted octanol–water partition coefficient (Wildman–Crippen LogP) is 2.73. The number of aryl methyl sites for hydroxylation is 1. The van der Waals surface area contributed by atoms with Gasteiger partial charge in [0.25, 0.3) is 0 Å². The number of furan rings is 1. The minimum Gasteiger partial charge on any atom is -0.472 e. The van der Waals surface area contributed by atoms with Crippen molar-refractivity contribution in [2.75, 3.05) is 13.1 Å². The Morgan fingerprint density at radius 2 is 2.32 bits per heavy atom. The summed E-state index contributed by atoms with van der Waals surface area (Å²) in [6.07, 6.45) is 8.12. The number of hydrogen-bond donors (Lipinski definition) is 0. The number of piperidine rings is 1. The lowest BCUT2D eigenvalue weighted by Crippen LogP contribution is -2.41. The summed E-state index contributed by atoms with van der Waals surface area (Å²) >= 11 is 0. The third-order valence-electron chi connectivity index (χ3n) is 4.75. The van der Waals surface area contributed by atoms with Gasteiger partial charge >= 0.3 is 0 Å². The first kappa shape index (κ1) is 13.9. The fraction of sp³-hybridized carbons (Fsp3) is 0.529. The van der Waals surface area contributed by atoms with E-state index in [0.29, 0.717) is 12.0 Å². The molecule has 0 N–H and O–H groups in total. The number of rotatable bonds is 3. The number of nitrogens with zero attached hydrogens (tertiary/aromatic N) is 3. The second-order valence-electron chi connectivity index (χ2n) is 6.34. The number of aromatic nitrogens is 2. The Balaban J connectivity index is 1.41. The summed E-state index contributed by atoms with van der Waals surface area (Å²) in [7, 11) is 0. The highest BCUT2D eigenvalue weighted by Gasteiger charge is 2.40. The molecule has 2 saturated heterocycles. The van der Waals surface area contributed by atoms with Crippen LogP contribution in [0.2, 0.25) is 0 Å². The molecule has 0 radical (unpaired) electrons. The molecule has 0 amide bonds. The van der Waals surface area contributed by atoms with Crippen LogP contribution in [-0.2, 0) is 11.3 Å². The number of hydrogen-bond acceptors (Lipinski definition) is 5. The van der Waals surface area contributed by atoms with Gasteiger partial charge in [-0.1, -0.05) is 0 Å². The number of ether oxygens (including phenoxy) is 1. The summed E-state index contributed by atoms with van der Waals surface area (Å²) in [6, 6.07) is 4.02. The van der Waals surface area contributed by atoms with E-state index in [1.807, 2.05) is 31.5 Å². The van der Waals surface area contributed by atoms with Gasteiger partial charge in [-0.3, -0.25) is 4.90 Å². The first-order valence-corrected chi connectivity index (χ1v) is 7.96. The van der Waals surface area contributed by atoms with E-state index in [1.54, 1.807) is 6.26 Å². The van der Waals surface area contributed by atoms with Crippen molar-refractivity contribution < 1.29 is 9.15 Å². The molecule has 4 heterocycles. The Bertz CT molecular complexity index is 629. The van der Waals surface area contributed by atoms with Crippen molar-refractivity contribution >= 4 is 0 Å². The van der Waals surface area contributed by atoms with Crippen LogP contribution < -0.4 is 0 Å². The van der Waals surface area contributed by atoms with Crippen molar-refractivity contribution in [3.63, 3.8) is 0 Å². The van der Waals surface area contributed by atoms with Gasteiger partial charge in [-0.2, -0.15) is 0 Å². The van der Waals surface area contributed by atoms with Crippen LogP contribution in [0, 0.1) is 12.8 Å². The second kappa shape index (κ2) is 5.82. The predicted molar refractivity (Wildman–Crippen MR) is 81.1 cm³/mol. The zero-order valence-corrected chi connectivity index (χ0v) is 12.8. The van der Waals surface area contributed by atoms with E-state index in [9.17, 15) is 0 Å². The Labute approximate surface area is 130 Å². The highest BCUT2D eigenvalue weighted by molar-refractivity contribution is 5.09. The topological polar surface area (TPSA) is 51.4 Å². The molecular formula is C17H21N3O2. The van der Waals surface area contributed by atoms with Crippen LogP contribution in [0.3, 0.4) is 0 Å². The highest BCUT2D eigenvalue weighted by Crippen LogP contribution is 2.40. The molecule has 4 rings (SSSR count). The van der Waals surface area contributed by atoms with Crippen LogP contribution in [0.15, 0.2) is 35.3 Å². The molecule has 2 aliphatic rings. The van der Waals surface area contributed by atoms with Gasteiger partial charge in [0.1, 0.15) is 11.9 Å². The lowest BCUT2D eigenvalue weighted by molar-refractivity contribution is -0.0107. The lowest BCUT2D eigenvalue weighted by Gasteiger charge is -2.33. The molecule has 0 bridgehead atoms. The summed E-state index contributed by atoms with van der Waals surface area (Å²) in [6.45, 7) is 5.00. The van der Waals surface area contributed by atoms with Crippen LogP contribution >= 0.6 is 0 Å². The van der Waals surface area contributed by atoms with Crippen molar-refractivity contribution in [2.45, 2.75) is 38.5 Å². The monoisotopic (exact) mass is 299 g/mol. The van der Waals surface area contributed by atoms with E-state index in [2.05, 4.69) is 14.9 Å². The van der Waals surface area contributed by atoms with E-state index in [-0.39, 0.29) is 6.10 Å². The normalized spacial score (nSPS) is 28.7. The maximum Gasteiger partial charge on any atom is 0.125 e. The van der Waals surface area contributed by atoms with Gasteiger partial charge in [-0.25, -0.2) is 9.97 Å². The standard InChI is InChI=1S/C17H21N3O2/c1-12-18-5-2-15(19-12)16-8-14-3-6-20(10-17(14)22-16)9-13-4-7-21-11-13/h2,4-5,7,11,14,16-17H,3,6,8-10H2,1H3/t14-,16+,17+/m0/s1. The van der Waals surface area contributed by atoms with Gasteiger partial charge in [0, 0.05) is 24.8 Å². The summed E-state index contributed by atoms with van der Waals surface area (Å²) < 4.78 is 11.5. The maximum absolute atomic E-state index is 6.30. The lowest BCUT2D eigenvalue weighted by atomic mass is 9.91. The Morgan fingerprint density at radius 3 is 3.14 bits per heavy atom. The largest absolute Gasteiger partial charge is 0.472 e. The van der Waals surface area contributed by atoms with Gasteiger partial charge in [-0.15, -0.1) is 0 Å². The third kappa shape index (κ3) is 2.78. The first-order chi connectivity index (χ1) is 10.8. The molecule has 2 aliphatic heterocycles. The van der Waals surface area contributed by atoms with Crippen molar-refractivity contribution in [3.8, 4) is 0 Å². The van der Waals surface area contributed by atoms with Gasteiger partial charge in [-0.05, 0) is 44.4 Å². The van der Waals surface area contributed by atoms with E-state index in [0.717, 1.165) is 37.6 Å². The van der Waals surface area contributed by atoms with Gasteiger partial charge in [0.15, 0.2) is 0 Å². The Hall–Kier alpha value is -1.72. The molecule has 0 aromatic carbocycles. The van der Waals surface area contributed by atoms with E-state index < -0.39 is 0 Å². The molecule has 5 nitrogen and oxygen atoms in total. The fourth-order valence-corrected chi connectivity index (χ4v) is 3.62. The van der Waals surface area contributed by atoms with E-state index in [1.165, 1.54) is 12.0 Å². The molecule has 3 atom stereocenters. The molecule has 2 fully saturated rings. The molecule has 2 aromatic heterocycles. The van der Waals surface area contributed by atoms with Crippen LogP contribution in [0.4, 0.5) is 0 Å². The van der Waals surface area contributed by atoms with Crippen molar-refractivity contribution in [2.24, 2.45) is 5.92 Å². The van der Waals surface area contributed by atoms with Crippen molar-refractivity contribution in [1.29, 1.82) is 0 Å². The molecule has 2 aromatic rings. The molecule has 5 heteroatoms. The number of fused-ring (bicyclic) bond motifs is 1. The van der Waals surface area contributed by atoms with Crippen LogP contribution in [0.1, 0.15) is 36.0 Å². The van der Waals surface area contributed by atoms with Crippen LogP contribution in [0.25, 0.3) is 0 Å². The van der Waals surface area contributed by atoms with E-state index >= 15 is 0 Å². The molecule has 0 saturated carbocycles. The zero-order chi connectivity index (χ0) is 14.9. The third-order valence-corrected chi connectivity index (χ3v) is 4.75. The SMILES string of the molecule is Cc1nccc([C@H]2C[C@@H]3CCN(Cc4ccoc4)C[C@H]3O2)n1. The quantitative estimate of drug-likeness (QED) is 0.872. The summed E-state index contributed by atoms with van der Waals surface area (Å²) in [5.41, 5.74) is 2.27. The zero-order valence-electron chi connectivity index (χ0n) is 12.8. The fourth-order valence-electron chi connectivity index (χ4n) is 3.62.